The highest BCUT2D eigenvalue weighted by Crippen LogP contribution is 2.30. The van der Waals surface area contributed by atoms with Crippen molar-refractivity contribution in [3.8, 4) is 16.3 Å². The monoisotopic (exact) mass is 643 g/mol. The Kier molecular flexibility index (Phi) is 7.17. The number of hydrogen-bond acceptors (Lipinski definition) is 7. The van der Waals surface area contributed by atoms with Crippen LogP contribution in [0.15, 0.2) is 58.3 Å². The number of pyridine rings is 1. The number of imidazole rings is 1. The molecule has 194 valence electrons. The number of hydrogen-bond donors (Lipinski definition) is 2. The first-order valence-corrected chi connectivity index (χ1v) is 13.5. The van der Waals surface area contributed by atoms with Gasteiger partial charge in [0.1, 0.15) is 17.3 Å². The largest absolute Gasteiger partial charge is 0.477 e. The van der Waals surface area contributed by atoms with Gasteiger partial charge < -0.3 is 14.4 Å². The van der Waals surface area contributed by atoms with Crippen molar-refractivity contribution in [2.75, 3.05) is 0 Å². The van der Waals surface area contributed by atoms with Crippen LogP contribution in [-0.4, -0.2) is 35.2 Å². The molecule has 10 nitrogen and oxygen atoms in total. The average molecular weight is 643 g/mol. The van der Waals surface area contributed by atoms with Crippen LogP contribution in [0.4, 0.5) is 0 Å². The Labute approximate surface area is 233 Å². The normalized spacial score (nSPS) is 11.2. The first kappa shape index (κ1) is 25.9. The Hall–Kier alpha value is -3.78. The van der Waals surface area contributed by atoms with Crippen LogP contribution in [0.25, 0.3) is 21.6 Å². The number of nitrogens with one attached hydrogen (secondary N) is 1. The molecule has 0 unspecified atom stereocenters. The highest BCUT2D eigenvalue weighted by Gasteiger charge is 2.19. The zero-order chi connectivity index (χ0) is 27.0. The first-order chi connectivity index (χ1) is 18.2. The molecule has 4 heterocycles. The molecule has 12 heteroatoms. The first-order valence-electron chi connectivity index (χ1n) is 11.6. The summed E-state index contributed by atoms with van der Waals surface area (Å²) in [5.74, 6) is -0.0826. The second kappa shape index (κ2) is 10.5. The van der Waals surface area contributed by atoms with Crippen molar-refractivity contribution in [1.29, 1.82) is 0 Å². The number of carboxylic acid groups (broad SMARTS) is 1. The molecule has 0 saturated heterocycles. The number of carboxylic acids is 1. The van der Waals surface area contributed by atoms with Crippen LogP contribution >= 0.6 is 33.9 Å². The Morgan fingerprint density at radius 2 is 1.92 bits per heavy atom. The lowest BCUT2D eigenvalue weighted by molar-refractivity contribution is 0.0702. The van der Waals surface area contributed by atoms with Crippen molar-refractivity contribution in [2.24, 2.45) is 0 Å². The van der Waals surface area contributed by atoms with Gasteiger partial charge in [-0.05, 0) is 72.3 Å². The molecule has 5 aromatic rings. The van der Waals surface area contributed by atoms with Crippen molar-refractivity contribution in [2.45, 2.75) is 33.5 Å². The van der Waals surface area contributed by atoms with Crippen molar-refractivity contribution >= 4 is 51.1 Å². The number of aromatic carboxylic acids is 1. The van der Waals surface area contributed by atoms with E-state index in [1.807, 2.05) is 44.2 Å². The van der Waals surface area contributed by atoms with Crippen LogP contribution in [-0.2, 0) is 19.7 Å². The lowest BCUT2D eigenvalue weighted by Gasteiger charge is -2.10. The fraction of sp³-hybridized carbons (Fsp3) is 0.192. The number of carbonyl (C=O) groups is 1. The molecule has 0 saturated carbocycles. The number of aromatic nitrogens is 5. The van der Waals surface area contributed by atoms with E-state index in [0.29, 0.717) is 29.4 Å². The van der Waals surface area contributed by atoms with Gasteiger partial charge in [-0.1, -0.05) is 12.1 Å². The van der Waals surface area contributed by atoms with E-state index in [0.717, 1.165) is 25.1 Å². The average Bonchev–Trinajstić information content (AvgIpc) is 3.53. The van der Waals surface area contributed by atoms with E-state index in [1.165, 1.54) is 15.9 Å². The fourth-order valence-electron chi connectivity index (χ4n) is 4.18. The quantitative estimate of drug-likeness (QED) is 0.242. The van der Waals surface area contributed by atoms with Crippen molar-refractivity contribution in [1.82, 2.24) is 24.1 Å². The fourth-order valence-corrected chi connectivity index (χ4v) is 5.36. The maximum Gasteiger partial charge on any atom is 0.345 e. The highest BCUT2D eigenvalue weighted by atomic mass is 127. The minimum absolute atomic E-state index is 0.0367. The number of halogens is 1. The second-order valence-corrected chi connectivity index (χ2v) is 10.8. The van der Waals surface area contributed by atoms with Gasteiger partial charge in [0.05, 0.1) is 6.54 Å². The van der Waals surface area contributed by atoms with Crippen LogP contribution in [0, 0.1) is 10.5 Å². The zero-order valence-electron chi connectivity index (χ0n) is 20.4. The molecule has 0 aliphatic carbocycles. The van der Waals surface area contributed by atoms with Gasteiger partial charge in [0.25, 0.3) is 5.56 Å². The molecule has 0 spiro atoms. The maximum atomic E-state index is 12.8. The Morgan fingerprint density at radius 1 is 1.16 bits per heavy atom. The predicted octanol–water partition coefficient (Wildman–Crippen LogP) is 4.27. The SMILES string of the molecule is CCn1c(COc2ncc(-c3ccc(C(=O)O)s3)cc2C)nc2c1c(=O)[nH]c(=O)n2Cc1ccc(I)cc1. The summed E-state index contributed by atoms with van der Waals surface area (Å²) in [6.45, 7) is 4.50. The number of thiophene rings is 1. The summed E-state index contributed by atoms with van der Waals surface area (Å²) >= 11 is 3.39. The third-order valence-electron chi connectivity index (χ3n) is 6.00. The van der Waals surface area contributed by atoms with E-state index < -0.39 is 17.2 Å². The molecule has 0 aliphatic heterocycles. The Bertz CT molecular complexity index is 1780. The van der Waals surface area contributed by atoms with E-state index in [2.05, 4.69) is 37.5 Å². The molecular weight excluding hydrogens is 621 g/mol. The van der Waals surface area contributed by atoms with Gasteiger partial charge in [0, 0.05) is 32.3 Å². The van der Waals surface area contributed by atoms with Crippen LogP contribution < -0.4 is 16.0 Å². The van der Waals surface area contributed by atoms with E-state index in [1.54, 1.807) is 22.9 Å². The number of aryl methyl sites for hydroxylation is 2. The van der Waals surface area contributed by atoms with Crippen molar-refractivity contribution < 1.29 is 14.6 Å². The number of rotatable bonds is 8. The highest BCUT2D eigenvalue weighted by molar-refractivity contribution is 14.1. The van der Waals surface area contributed by atoms with Gasteiger partial charge in [-0.3, -0.25) is 14.3 Å². The van der Waals surface area contributed by atoms with E-state index in [4.69, 9.17) is 4.74 Å². The van der Waals surface area contributed by atoms with E-state index in [-0.39, 0.29) is 18.0 Å². The zero-order valence-corrected chi connectivity index (χ0v) is 23.4. The molecule has 0 atom stereocenters. The Morgan fingerprint density at radius 3 is 2.58 bits per heavy atom. The van der Waals surface area contributed by atoms with Gasteiger partial charge in [-0.15, -0.1) is 11.3 Å². The molecule has 5 rings (SSSR count). The second-order valence-electron chi connectivity index (χ2n) is 8.52. The summed E-state index contributed by atoms with van der Waals surface area (Å²) in [4.78, 5) is 49.2. The van der Waals surface area contributed by atoms with Crippen LogP contribution in [0.5, 0.6) is 5.88 Å². The molecule has 4 aromatic heterocycles. The number of nitrogens with zero attached hydrogens (tertiary/aromatic N) is 4. The van der Waals surface area contributed by atoms with Gasteiger partial charge in [0.2, 0.25) is 5.88 Å². The van der Waals surface area contributed by atoms with Crippen molar-refractivity contribution in [3.63, 3.8) is 0 Å². The number of fused-ring (bicyclic) bond motifs is 1. The molecule has 0 bridgehead atoms. The van der Waals surface area contributed by atoms with Crippen LogP contribution in [0.2, 0.25) is 0 Å². The molecule has 0 radical (unpaired) electrons. The minimum Gasteiger partial charge on any atom is -0.477 e. The summed E-state index contributed by atoms with van der Waals surface area (Å²) in [5, 5.41) is 9.18. The van der Waals surface area contributed by atoms with Crippen LogP contribution in [0.1, 0.15) is 33.5 Å². The summed E-state index contributed by atoms with van der Waals surface area (Å²) < 4.78 is 10.3. The van der Waals surface area contributed by atoms with Crippen molar-refractivity contribution in [3.05, 3.63) is 94.9 Å². The topological polar surface area (TPSA) is 132 Å². The summed E-state index contributed by atoms with van der Waals surface area (Å²) in [6.07, 6.45) is 1.63. The lowest BCUT2D eigenvalue weighted by atomic mass is 10.2. The number of benzene rings is 1. The Balaban J connectivity index is 1.45. The van der Waals surface area contributed by atoms with Gasteiger partial charge in [-0.25, -0.2) is 19.6 Å². The molecular formula is C26H22IN5O5S. The van der Waals surface area contributed by atoms with Crippen LogP contribution in [0.3, 0.4) is 0 Å². The molecule has 0 fully saturated rings. The summed E-state index contributed by atoms with van der Waals surface area (Å²) in [6, 6.07) is 13.0. The van der Waals surface area contributed by atoms with E-state index >= 15 is 0 Å². The lowest BCUT2D eigenvalue weighted by Crippen LogP contribution is -2.31. The standard InChI is InChI=1S/C26H22IN5O5S/c1-3-31-20(13-37-24-14(2)10-16(11-28-24)18-8-9-19(38-18)25(34)35)29-22-21(31)23(33)30-26(36)32(22)12-15-4-6-17(27)7-5-15/h4-11H,3,12-13H2,1-2H3,(H,34,35)(H,30,33,36). The number of ether oxygens (including phenoxy) is 1. The minimum atomic E-state index is -0.965. The van der Waals surface area contributed by atoms with Gasteiger partial charge in [-0.2, -0.15) is 0 Å². The third-order valence-corrected chi connectivity index (χ3v) is 7.85. The van der Waals surface area contributed by atoms with Gasteiger partial charge >= 0.3 is 11.7 Å². The predicted molar refractivity (Wildman–Crippen MR) is 152 cm³/mol. The third kappa shape index (κ3) is 5.00. The number of aromatic amines is 1. The molecule has 0 amide bonds. The van der Waals surface area contributed by atoms with Gasteiger partial charge in [0.15, 0.2) is 11.2 Å². The van der Waals surface area contributed by atoms with E-state index in [9.17, 15) is 19.5 Å². The molecule has 1 aromatic carbocycles. The smallest absolute Gasteiger partial charge is 0.345 e. The number of H-pyrrole nitrogens is 1. The summed E-state index contributed by atoms with van der Waals surface area (Å²) in [5.41, 5.74) is 2.04. The molecule has 2 N–H and O–H groups in total. The molecule has 0 aliphatic rings. The summed E-state index contributed by atoms with van der Waals surface area (Å²) in [7, 11) is 0. The molecule has 38 heavy (non-hydrogen) atoms. The maximum absolute atomic E-state index is 12.8.